The molecule has 2 N–H and O–H groups in total. The van der Waals surface area contributed by atoms with E-state index in [9.17, 15) is 0 Å². The molecule has 2 aliphatic heterocycles. The van der Waals surface area contributed by atoms with E-state index < -0.39 is 0 Å². The van der Waals surface area contributed by atoms with Crippen LogP contribution in [0.25, 0.3) is 11.1 Å². The average molecular weight is 487 g/mol. The van der Waals surface area contributed by atoms with E-state index in [4.69, 9.17) is 19.2 Å². The van der Waals surface area contributed by atoms with Gasteiger partial charge in [-0.05, 0) is 46.5 Å². The molecule has 1 saturated heterocycles. The second-order valence-corrected chi connectivity index (χ2v) is 9.12. The summed E-state index contributed by atoms with van der Waals surface area (Å²) in [6.07, 6.45) is 13.8. The molecule has 0 spiro atoms. The second-order valence-electron chi connectivity index (χ2n) is 9.12. The molecular weight excluding hydrogens is 452 g/mol. The van der Waals surface area contributed by atoms with Gasteiger partial charge in [-0.15, -0.1) is 0 Å². The van der Waals surface area contributed by atoms with Crippen LogP contribution < -0.4 is 20.1 Å². The molecule has 0 radical (unpaired) electrons. The average Bonchev–Trinajstić information content (AvgIpc) is 3.19. The third kappa shape index (κ3) is 5.64. The van der Waals surface area contributed by atoms with E-state index in [2.05, 4.69) is 46.0 Å². The topological polar surface area (TPSA) is 67.9 Å². The molecule has 0 bridgehead atoms. The standard InChI is InChI=1S/C29H34N4O3/c1-34-26-6-4-3-5-21(17-26)24-15-23-16-25(20-32-29(23)31-19-24)22-7-8-27(28(18-22)35-2)36-14-13-33-11-9-30-10-12-33/h3-8,16,18-20,30H,9-15,17H2,1-2H3,(H,31,32). The van der Waals surface area contributed by atoms with E-state index in [0.29, 0.717) is 6.61 Å². The highest BCUT2D eigenvalue weighted by Crippen LogP contribution is 2.35. The number of rotatable bonds is 8. The number of anilines is 1. The molecule has 1 aliphatic carbocycles. The third-order valence-electron chi connectivity index (χ3n) is 6.83. The predicted molar refractivity (Wildman–Crippen MR) is 143 cm³/mol. The lowest BCUT2D eigenvalue weighted by molar-refractivity contribution is 0.188. The number of hydrogen-bond donors (Lipinski definition) is 2. The fourth-order valence-corrected chi connectivity index (χ4v) is 4.74. The van der Waals surface area contributed by atoms with Gasteiger partial charge in [0, 0.05) is 63.5 Å². The zero-order chi connectivity index (χ0) is 24.7. The van der Waals surface area contributed by atoms with Crippen LogP contribution in [0.5, 0.6) is 11.5 Å². The number of ether oxygens (including phenoxy) is 3. The summed E-state index contributed by atoms with van der Waals surface area (Å²) in [6.45, 7) is 5.77. The maximum atomic E-state index is 6.07. The monoisotopic (exact) mass is 486 g/mol. The Morgan fingerprint density at radius 3 is 2.61 bits per heavy atom. The van der Waals surface area contributed by atoms with Gasteiger partial charge in [0.25, 0.3) is 0 Å². The zero-order valence-electron chi connectivity index (χ0n) is 21.0. The molecule has 2 aromatic rings. The van der Waals surface area contributed by atoms with E-state index >= 15 is 0 Å². The lowest BCUT2D eigenvalue weighted by Crippen LogP contribution is -2.44. The number of benzene rings is 1. The summed E-state index contributed by atoms with van der Waals surface area (Å²) >= 11 is 0. The smallest absolute Gasteiger partial charge is 0.161 e. The van der Waals surface area contributed by atoms with Gasteiger partial charge in [-0.2, -0.15) is 0 Å². The van der Waals surface area contributed by atoms with Crippen LogP contribution in [0.3, 0.4) is 0 Å². The molecule has 0 saturated carbocycles. The lowest BCUT2D eigenvalue weighted by Gasteiger charge is -2.27. The van der Waals surface area contributed by atoms with Crippen molar-refractivity contribution in [3.8, 4) is 22.6 Å². The van der Waals surface area contributed by atoms with E-state index in [0.717, 1.165) is 85.3 Å². The van der Waals surface area contributed by atoms with Crippen LogP contribution in [0, 0.1) is 0 Å². The molecule has 7 heteroatoms. The van der Waals surface area contributed by atoms with Gasteiger partial charge in [0.1, 0.15) is 12.4 Å². The number of nitrogens with one attached hydrogen (secondary N) is 2. The van der Waals surface area contributed by atoms with Crippen molar-refractivity contribution in [1.29, 1.82) is 0 Å². The van der Waals surface area contributed by atoms with Gasteiger partial charge in [0.2, 0.25) is 0 Å². The Morgan fingerprint density at radius 1 is 0.917 bits per heavy atom. The Balaban J connectivity index is 1.28. The maximum Gasteiger partial charge on any atom is 0.161 e. The number of nitrogens with zero attached hydrogens (tertiary/aromatic N) is 2. The summed E-state index contributed by atoms with van der Waals surface area (Å²) < 4.78 is 17.3. The largest absolute Gasteiger partial charge is 0.501 e. The van der Waals surface area contributed by atoms with Gasteiger partial charge in [-0.1, -0.05) is 24.3 Å². The number of aromatic nitrogens is 1. The highest BCUT2D eigenvalue weighted by Gasteiger charge is 2.18. The molecule has 1 aromatic heterocycles. The summed E-state index contributed by atoms with van der Waals surface area (Å²) in [5.41, 5.74) is 5.74. The number of pyridine rings is 1. The Bertz CT molecular complexity index is 1210. The van der Waals surface area contributed by atoms with Gasteiger partial charge in [-0.3, -0.25) is 4.90 Å². The van der Waals surface area contributed by atoms with E-state index in [1.807, 2.05) is 30.5 Å². The van der Waals surface area contributed by atoms with Gasteiger partial charge in [-0.25, -0.2) is 4.98 Å². The first-order chi connectivity index (χ1) is 17.7. The fourth-order valence-electron chi connectivity index (χ4n) is 4.74. The van der Waals surface area contributed by atoms with E-state index in [-0.39, 0.29) is 0 Å². The molecule has 0 amide bonds. The molecule has 7 nitrogen and oxygen atoms in total. The van der Waals surface area contributed by atoms with Crippen molar-refractivity contribution in [2.45, 2.75) is 12.8 Å². The lowest BCUT2D eigenvalue weighted by atomic mass is 9.93. The highest BCUT2D eigenvalue weighted by atomic mass is 16.5. The summed E-state index contributed by atoms with van der Waals surface area (Å²) in [5.74, 6) is 3.36. The first-order valence-electron chi connectivity index (χ1n) is 12.5. The minimum atomic E-state index is 0.641. The van der Waals surface area contributed by atoms with Crippen molar-refractivity contribution >= 4 is 5.82 Å². The van der Waals surface area contributed by atoms with Crippen molar-refractivity contribution in [3.63, 3.8) is 0 Å². The molecule has 5 rings (SSSR count). The van der Waals surface area contributed by atoms with Gasteiger partial charge in [0.05, 0.1) is 20.0 Å². The maximum absolute atomic E-state index is 6.07. The molecular formula is C29H34N4O3. The Kier molecular flexibility index (Phi) is 7.69. The fraction of sp³-hybridized carbons (Fsp3) is 0.345. The number of hydrogen-bond acceptors (Lipinski definition) is 7. The van der Waals surface area contributed by atoms with Crippen LogP contribution in [-0.2, 0) is 11.2 Å². The Hall–Kier alpha value is -3.55. The van der Waals surface area contributed by atoms with Crippen LogP contribution in [0.15, 0.2) is 77.9 Å². The minimum absolute atomic E-state index is 0.641. The molecule has 0 unspecified atom stereocenters. The van der Waals surface area contributed by atoms with Crippen molar-refractivity contribution < 1.29 is 14.2 Å². The molecule has 0 atom stereocenters. The number of allylic oxidation sites excluding steroid dienone is 6. The summed E-state index contributed by atoms with van der Waals surface area (Å²) in [6, 6.07) is 8.32. The Labute approximate surface area is 213 Å². The van der Waals surface area contributed by atoms with Crippen LogP contribution >= 0.6 is 0 Å². The SMILES string of the molecule is COC1=CC=CC=C(C2=CNc3ncc(-c4ccc(OCCN5CCNCC5)c(OC)c4)cc3C2)C1. The molecule has 3 aliphatic rings. The highest BCUT2D eigenvalue weighted by molar-refractivity contribution is 5.70. The quantitative estimate of drug-likeness (QED) is 0.576. The van der Waals surface area contributed by atoms with Crippen molar-refractivity contribution in [2.75, 3.05) is 58.9 Å². The van der Waals surface area contributed by atoms with E-state index in [1.54, 1.807) is 14.2 Å². The number of fused-ring (bicyclic) bond motifs is 1. The van der Waals surface area contributed by atoms with Crippen LogP contribution in [-0.4, -0.2) is 63.4 Å². The molecule has 36 heavy (non-hydrogen) atoms. The molecule has 1 aromatic carbocycles. The van der Waals surface area contributed by atoms with Crippen LogP contribution in [0.2, 0.25) is 0 Å². The first kappa shape index (κ1) is 24.2. The molecule has 1 fully saturated rings. The summed E-state index contributed by atoms with van der Waals surface area (Å²) in [5, 5.41) is 6.75. The van der Waals surface area contributed by atoms with Crippen molar-refractivity contribution in [2.24, 2.45) is 0 Å². The van der Waals surface area contributed by atoms with Crippen LogP contribution in [0.1, 0.15) is 12.0 Å². The normalized spacial score (nSPS) is 17.7. The van der Waals surface area contributed by atoms with Crippen molar-refractivity contribution in [1.82, 2.24) is 15.2 Å². The zero-order valence-corrected chi connectivity index (χ0v) is 21.0. The third-order valence-corrected chi connectivity index (χ3v) is 6.83. The van der Waals surface area contributed by atoms with Gasteiger partial charge in [0.15, 0.2) is 11.5 Å². The van der Waals surface area contributed by atoms with Gasteiger partial charge < -0.3 is 24.8 Å². The van der Waals surface area contributed by atoms with Crippen LogP contribution in [0.4, 0.5) is 5.82 Å². The minimum Gasteiger partial charge on any atom is -0.501 e. The second kappa shape index (κ2) is 11.5. The number of piperazine rings is 1. The predicted octanol–water partition coefficient (Wildman–Crippen LogP) is 4.31. The Morgan fingerprint density at radius 2 is 1.78 bits per heavy atom. The van der Waals surface area contributed by atoms with E-state index in [1.165, 1.54) is 11.1 Å². The molecule has 3 heterocycles. The van der Waals surface area contributed by atoms with Crippen molar-refractivity contribution in [3.05, 3.63) is 83.4 Å². The summed E-state index contributed by atoms with van der Waals surface area (Å²) in [4.78, 5) is 7.11. The van der Waals surface area contributed by atoms with Gasteiger partial charge >= 0.3 is 0 Å². The molecule has 188 valence electrons. The summed E-state index contributed by atoms with van der Waals surface area (Å²) in [7, 11) is 3.41. The first-order valence-corrected chi connectivity index (χ1v) is 12.5. The number of methoxy groups -OCH3 is 2.